The minimum absolute atomic E-state index is 0.0677. The van der Waals surface area contributed by atoms with E-state index in [1.54, 1.807) is 43.3 Å². The number of hydrogen-bond donors (Lipinski definition) is 1. The van der Waals surface area contributed by atoms with E-state index in [4.69, 9.17) is 18.9 Å². The van der Waals surface area contributed by atoms with E-state index in [0.717, 1.165) is 18.1 Å². The molecular formula is C27H35F2NO7. The van der Waals surface area contributed by atoms with Crippen LogP contribution in [0.4, 0.5) is 13.6 Å². The first kappa shape index (κ1) is 30.0. The van der Waals surface area contributed by atoms with Crippen molar-refractivity contribution in [3.05, 3.63) is 59.7 Å². The van der Waals surface area contributed by atoms with Crippen LogP contribution in [-0.2, 0) is 20.7 Å². The molecule has 2 aromatic carbocycles. The molecule has 1 N–H and O–H groups in total. The molecule has 0 heterocycles. The molecule has 0 aliphatic rings. The highest BCUT2D eigenvalue weighted by Crippen LogP contribution is 2.19. The molecular weight excluding hydrogens is 488 g/mol. The summed E-state index contributed by atoms with van der Waals surface area (Å²) in [5, 5.41) is 9.23. The largest absolute Gasteiger partial charge is 0.492 e. The minimum atomic E-state index is -2.82. The smallest absolute Gasteiger partial charge is 0.415 e. The third kappa shape index (κ3) is 11.6. The van der Waals surface area contributed by atoms with Crippen LogP contribution in [0.15, 0.2) is 48.5 Å². The molecule has 2 rings (SSSR count). The van der Waals surface area contributed by atoms with Crippen molar-refractivity contribution in [1.29, 1.82) is 0 Å². The SMILES string of the molecule is CCOC(Cc1ccc(OCCN(CCOCCC(C)(F)F)C(=O)Oc2ccccc2C)cc1)C(=O)O. The van der Waals surface area contributed by atoms with Crippen molar-refractivity contribution < 1.29 is 42.4 Å². The summed E-state index contributed by atoms with van der Waals surface area (Å²) in [5.41, 5.74) is 1.58. The summed E-state index contributed by atoms with van der Waals surface area (Å²) in [5.74, 6) is -2.87. The maximum absolute atomic E-state index is 13.0. The summed E-state index contributed by atoms with van der Waals surface area (Å²) in [7, 11) is 0. The number of hydrogen-bond acceptors (Lipinski definition) is 6. The van der Waals surface area contributed by atoms with Crippen molar-refractivity contribution in [2.45, 2.75) is 45.6 Å². The summed E-state index contributed by atoms with van der Waals surface area (Å²) in [6.45, 7) is 5.08. The number of aliphatic carboxylic acids is 1. The normalized spacial score (nSPS) is 12.1. The van der Waals surface area contributed by atoms with Crippen molar-refractivity contribution in [3.8, 4) is 11.5 Å². The lowest BCUT2D eigenvalue weighted by Crippen LogP contribution is -2.39. The quantitative estimate of drug-likeness (QED) is 0.311. The van der Waals surface area contributed by atoms with Crippen LogP contribution in [0, 0.1) is 6.92 Å². The van der Waals surface area contributed by atoms with Crippen LogP contribution in [-0.4, -0.2) is 73.6 Å². The predicted molar refractivity (Wildman–Crippen MR) is 134 cm³/mol. The molecule has 8 nitrogen and oxygen atoms in total. The van der Waals surface area contributed by atoms with Gasteiger partial charge in [-0.15, -0.1) is 0 Å². The number of carboxylic acids is 1. The van der Waals surface area contributed by atoms with E-state index in [0.29, 0.717) is 18.1 Å². The second-order valence-corrected chi connectivity index (χ2v) is 8.53. The molecule has 0 saturated carbocycles. The van der Waals surface area contributed by atoms with Crippen molar-refractivity contribution in [2.75, 3.05) is 39.5 Å². The van der Waals surface area contributed by atoms with E-state index in [2.05, 4.69) is 0 Å². The van der Waals surface area contributed by atoms with Crippen molar-refractivity contribution >= 4 is 12.1 Å². The van der Waals surface area contributed by atoms with Crippen LogP contribution in [0.2, 0.25) is 0 Å². The van der Waals surface area contributed by atoms with E-state index in [9.17, 15) is 23.5 Å². The average molecular weight is 524 g/mol. The van der Waals surface area contributed by atoms with Crippen LogP contribution in [0.3, 0.4) is 0 Å². The number of carbonyl (C=O) groups is 2. The zero-order chi connectivity index (χ0) is 27.3. The Bertz CT molecular complexity index is 979. The highest BCUT2D eigenvalue weighted by molar-refractivity contribution is 5.72. The number of amides is 1. The maximum atomic E-state index is 13.0. The van der Waals surface area contributed by atoms with Gasteiger partial charge in [0, 0.05) is 26.0 Å². The van der Waals surface area contributed by atoms with Gasteiger partial charge in [-0.25, -0.2) is 18.4 Å². The molecule has 0 radical (unpaired) electrons. The number of carboxylic acid groups (broad SMARTS) is 1. The Hall–Kier alpha value is -3.24. The first-order chi connectivity index (χ1) is 17.6. The summed E-state index contributed by atoms with van der Waals surface area (Å²) >= 11 is 0. The fourth-order valence-corrected chi connectivity index (χ4v) is 3.28. The molecule has 0 saturated heterocycles. The lowest BCUT2D eigenvalue weighted by molar-refractivity contribution is -0.149. The highest BCUT2D eigenvalue weighted by atomic mass is 19.3. The first-order valence-corrected chi connectivity index (χ1v) is 12.1. The number of halogens is 2. The second kappa shape index (κ2) is 15.1. The summed E-state index contributed by atoms with van der Waals surface area (Å²) in [4.78, 5) is 25.5. The van der Waals surface area contributed by atoms with Gasteiger partial charge in [0.05, 0.1) is 19.8 Å². The van der Waals surface area contributed by atoms with Gasteiger partial charge < -0.3 is 29.0 Å². The van der Waals surface area contributed by atoms with E-state index >= 15 is 0 Å². The van der Waals surface area contributed by atoms with Gasteiger partial charge in [0.1, 0.15) is 18.1 Å². The Kier molecular flexibility index (Phi) is 12.2. The van der Waals surface area contributed by atoms with Gasteiger partial charge in [0.25, 0.3) is 0 Å². The van der Waals surface area contributed by atoms with E-state index < -0.39 is 30.5 Å². The topological polar surface area (TPSA) is 94.5 Å². The van der Waals surface area contributed by atoms with Crippen LogP contribution in [0.5, 0.6) is 11.5 Å². The third-order valence-corrected chi connectivity index (χ3v) is 5.36. The summed E-state index contributed by atoms with van der Waals surface area (Å²) in [6, 6.07) is 14.0. The minimum Gasteiger partial charge on any atom is -0.492 e. The van der Waals surface area contributed by atoms with E-state index in [1.807, 2.05) is 19.1 Å². The number of nitrogens with zero attached hydrogens (tertiary/aromatic N) is 1. The Morgan fingerprint density at radius 2 is 1.70 bits per heavy atom. The Labute approximate surface area is 216 Å². The van der Waals surface area contributed by atoms with Crippen molar-refractivity contribution in [2.24, 2.45) is 0 Å². The highest BCUT2D eigenvalue weighted by Gasteiger charge is 2.21. The zero-order valence-corrected chi connectivity index (χ0v) is 21.5. The van der Waals surface area contributed by atoms with Crippen LogP contribution in [0.1, 0.15) is 31.4 Å². The molecule has 10 heteroatoms. The molecule has 204 valence electrons. The number of rotatable bonds is 16. The van der Waals surface area contributed by atoms with Crippen molar-refractivity contribution in [3.63, 3.8) is 0 Å². The van der Waals surface area contributed by atoms with Crippen LogP contribution in [0.25, 0.3) is 0 Å². The number of para-hydroxylation sites is 1. The molecule has 0 fully saturated rings. The molecule has 0 spiro atoms. The van der Waals surface area contributed by atoms with E-state index in [1.165, 1.54) is 4.90 Å². The molecule has 1 unspecified atom stereocenters. The van der Waals surface area contributed by atoms with Crippen LogP contribution < -0.4 is 9.47 Å². The fourth-order valence-electron chi connectivity index (χ4n) is 3.28. The Morgan fingerprint density at radius 1 is 1.03 bits per heavy atom. The summed E-state index contributed by atoms with van der Waals surface area (Å²) < 4.78 is 47.8. The number of aryl methyl sites for hydroxylation is 1. The van der Waals surface area contributed by atoms with Gasteiger partial charge in [-0.05, 0) is 50.1 Å². The molecule has 37 heavy (non-hydrogen) atoms. The molecule has 1 amide bonds. The molecule has 0 aliphatic heterocycles. The lowest BCUT2D eigenvalue weighted by atomic mass is 10.1. The van der Waals surface area contributed by atoms with Gasteiger partial charge in [-0.1, -0.05) is 30.3 Å². The molecule has 1 atom stereocenters. The van der Waals surface area contributed by atoms with Gasteiger partial charge in [0.2, 0.25) is 5.92 Å². The molecule has 0 bridgehead atoms. The lowest BCUT2D eigenvalue weighted by Gasteiger charge is -2.23. The average Bonchev–Trinajstić information content (AvgIpc) is 2.84. The van der Waals surface area contributed by atoms with Crippen LogP contribution >= 0.6 is 0 Å². The maximum Gasteiger partial charge on any atom is 0.415 e. The van der Waals surface area contributed by atoms with Gasteiger partial charge in [-0.2, -0.15) is 0 Å². The second-order valence-electron chi connectivity index (χ2n) is 8.53. The predicted octanol–water partition coefficient (Wildman–Crippen LogP) is 4.97. The number of carbonyl (C=O) groups excluding carboxylic acids is 1. The van der Waals surface area contributed by atoms with E-state index in [-0.39, 0.29) is 39.3 Å². The fraction of sp³-hybridized carbons (Fsp3) is 0.481. The van der Waals surface area contributed by atoms with Crippen molar-refractivity contribution in [1.82, 2.24) is 4.90 Å². The molecule has 2 aromatic rings. The standard InChI is InChI=1S/C27H35F2NO7/c1-4-35-24(25(31)32)19-21-9-11-22(12-10-21)36-18-15-30(14-17-34-16-13-27(3,28)29)26(33)37-23-8-6-5-7-20(23)2/h5-12,24H,4,13-19H2,1-3H3,(H,31,32). The Balaban J connectivity index is 1.92. The molecule has 0 aromatic heterocycles. The summed E-state index contributed by atoms with van der Waals surface area (Å²) in [6.07, 6.45) is -1.70. The monoisotopic (exact) mass is 523 g/mol. The third-order valence-electron chi connectivity index (χ3n) is 5.36. The number of ether oxygens (including phenoxy) is 4. The Morgan fingerprint density at radius 3 is 2.32 bits per heavy atom. The number of benzene rings is 2. The number of alkyl halides is 2. The first-order valence-electron chi connectivity index (χ1n) is 12.1. The molecule has 0 aliphatic carbocycles. The van der Waals surface area contributed by atoms with Gasteiger partial charge >= 0.3 is 12.1 Å². The van der Waals surface area contributed by atoms with Gasteiger partial charge in [0.15, 0.2) is 6.10 Å². The zero-order valence-electron chi connectivity index (χ0n) is 21.5. The van der Waals surface area contributed by atoms with Gasteiger partial charge in [-0.3, -0.25) is 0 Å².